The van der Waals surface area contributed by atoms with E-state index < -0.39 is 11.8 Å². The fourth-order valence-electron chi connectivity index (χ4n) is 2.40. The molecule has 0 atom stereocenters. The van der Waals surface area contributed by atoms with Crippen LogP contribution in [0.4, 0.5) is 4.39 Å². The van der Waals surface area contributed by atoms with E-state index >= 15 is 0 Å². The van der Waals surface area contributed by atoms with Crippen molar-refractivity contribution in [3.63, 3.8) is 0 Å². The molecule has 0 spiro atoms. The monoisotopic (exact) mass is 303 g/mol. The van der Waals surface area contributed by atoms with Gasteiger partial charge in [-0.1, -0.05) is 41.9 Å². The second-order valence-electron chi connectivity index (χ2n) is 4.69. The van der Waals surface area contributed by atoms with Crippen LogP contribution >= 0.6 is 11.6 Å². The molecule has 0 unspecified atom stereocenters. The van der Waals surface area contributed by atoms with Crippen molar-refractivity contribution in [1.29, 1.82) is 0 Å². The standard InChI is InChI=1S/C16H11ClFNO2/c17-12-6-3-5-11(15(12)18)9-19-13-7-2-1-4-10(13)8-14(19)16(20)21/h1-8H,9H2,(H,20,21). The van der Waals surface area contributed by atoms with Crippen LogP contribution in [0.5, 0.6) is 0 Å². The lowest BCUT2D eigenvalue weighted by Crippen LogP contribution is -2.10. The number of carboxylic acids is 1. The molecule has 0 aliphatic heterocycles. The maximum absolute atomic E-state index is 14.0. The highest BCUT2D eigenvalue weighted by Crippen LogP contribution is 2.24. The van der Waals surface area contributed by atoms with E-state index in [0.29, 0.717) is 5.56 Å². The molecule has 1 aromatic heterocycles. The fourth-order valence-corrected chi connectivity index (χ4v) is 2.59. The van der Waals surface area contributed by atoms with Gasteiger partial charge in [-0.25, -0.2) is 9.18 Å². The number of aromatic carboxylic acids is 1. The lowest BCUT2D eigenvalue weighted by molar-refractivity contribution is 0.0686. The second-order valence-corrected chi connectivity index (χ2v) is 5.10. The van der Waals surface area contributed by atoms with Gasteiger partial charge in [0.2, 0.25) is 0 Å². The molecular weight excluding hydrogens is 293 g/mol. The third kappa shape index (κ3) is 2.38. The highest BCUT2D eigenvalue weighted by Gasteiger charge is 2.16. The van der Waals surface area contributed by atoms with Crippen molar-refractivity contribution in [2.75, 3.05) is 0 Å². The Morgan fingerprint density at radius 2 is 1.95 bits per heavy atom. The molecule has 106 valence electrons. The number of carboxylic acid groups (broad SMARTS) is 1. The summed E-state index contributed by atoms with van der Waals surface area (Å²) in [5, 5.41) is 10.2. The number of carbonyl (C=O) groups is 1. The summed E-state index contributed by atoms with van der Waals surface area (Å²) in [6, 6.07) is 13.6. The molecule has 1 N–H and O–H groups in total. The predicted octanol–water partition coefficient (Wildman–Crippen LogP) is 4.18. The summed E-state index contributed by atoms with van der Waals surface area (Å²) in [4.78, 5) is 11.4. The van der Waals surface area contributed by atoms with Crippen molar-refractivity contribution >= 4 is 28.5 Å². The van der Waals surface area contributed by atoms with Crippen molar-refractivity contribution in [1.82, 2.24) is 4.57 Å². The number of halogens is 2. The highest BCUT2D eigenvalue weighted by molar-refractivity contribution is 6.30. The van der Waals surface area contributed by atoms with E-state index in [-0.39, 0.29) is 17.3 Å². The Morgan fingerprint density at radius 1 is 1.19 bits per heavy atom. The second kappa shape index (κ2) is 5.22. The van der Waals surface area contributed by atoms with Gasteiger partial charge in [0, 0.05) is 16.5 Å². The molecule has 0 fully saturated rings. The van der Waals surface area contributed by atoms with Crippen LogP contribution < -0.4 is 0 Å². The average molecular weight is 304 g/mol. The smallest absolute Gasteiger partial charge is 0.352 e. The van der Waals surface area contributed by atoms with Crippen LogP contribution in [0.1, 0.15) is 16.1 Å². The first-order valence-corrected chi connectivity index (χ1v) is 6.70. The Hall–Kier alpha value is -2.33. The first-order valence-electron chi connectivity index (χ1n) is 6.32. The average Bonchev–Trinajstić information content (AvgIpc) is 2.83. The molecule has 1 heterocycles. The van der Waals surface area contributed by atoms with Crippen LogP contribution in [0.15, 0.2) is 48.5 Å². The van der Waals surface area contributed by atoms with E-state index in [1.807, 2.05) is 24.3 Å². The third-order valence-electron chi connectivity index (χ3n) is 3.39. The summed E-state index contributed by atoms with van der Waals surface area (Å²) >= 11 is 5.77. The minimum absolute atomic E-state index is 0.0286. The van der Waals surface area contributed by atoms with Crippen LogP contribution in [0.2, 0.25) is 5.02 Å². The first-order chi connectivity index (χ1) is 10.1. The number of hydrogen-bond acceptors (Lipinski definition) is 1. The fraction of sp³-hybridized carbons (Fsp3) is 0.0625. The van der Waals surface area contributed by atoms with E-state index in [9.17, 15) is 14.3 Å². The molecule has 2 aromatic carbocycles. The molecule has 21 heavy (non-hydrogen) atoms. The zero-order valence-electron chi connectivity index (χ0n) is 10.9. The number of benzene rings is 2. The Morgan fingerprint density at radius 3 is 2.71 bits per heavy atom. The van der Waals surface area contributed by atoms with Gasteiger partial charge in [0.25, 0.3) is 0 Å². The third-order valence-corrected chi connectivity index (χ3v) is 3.68. The minimum Gasteiger partial charge on any atom is -0.477 e. The van der Waals surface area contributed by atoms with Gasteiger partial charge in [0.1, 0.15) is 11.5 Å². The summed E-state index contributed by atoms with van der Waals surface area (Å²) in [5.41, 5.74) is 1.22. The SMILES string of the molecule is O=C(O)c1cc2ccccc2n1Cc1cccc(Cl)c1F. The van der Waals surface area contributed by atoms with Crippen molar-refractivity contribution in [2.24, 2.45) is 0 Å². The molecule has 0 aliphatic rings. The molecule has 3 nitrogen and oxygen atoms in total. The molecule has 0 saturated heterocycles. The Balaban J connectivity index is 2.17. The number of aromatic nitrogens is 1. The molecule has 5 heteroatoms. The lowest BCUT2D eigenvalue weighted by Gasteiger charge is -2.10. The molecule has 0 saturated carbocycles. The van der Waals surface area contributed by atoms with Crippen molar-refractivity contribution in [2.45, 2.75) is 6.54 Å². The van der Waals surface area contributed by atoms with E-state index in [1.165, 1.54) is 6.07 Å². The van der Waals surface area contributed by atoms with Gasteiger partial charge in [0.15, 0.2) is 0 Å². The van der Waals surface area contributed by atoms with Gasteiger partial charge >= 0.3 is 5.97 Å². The normalized spacial score (nSPS) is 11.0. The van der Waals surface area contributed by atoms with Gasteiger partial charge in [-0.2, -0.15) is 0 Å². The summed E-state index contributed by atoms with van der Waals surface area (Å²) < 4.78 is 15.6. The van der Waals surface area contributed by atoms with Crippen LogP contribution in [0.25, 0.3) is 10.9 Å². The van der Waals surface area contributed by atoms with Crippen molar-refractivity contribution in [3.8, 4) is 0 Å². The predicted molar refractivity (Wildman–Crippen MR) is 79.4 cm³/mol. The maximum Gasteiger partial charge on any atom is 0.352 e. The molecule has 3 aromatic rings. The zero-order valence-corrected chi connectivity index (χ0v) is 11.6. The number of fused-ring (bicyclic) bond motifs is 1. The molecule has 0 radical (unpaired) electrons. The zero-order chi connectivity index (χ0) is 15.0. The van der Waals surface area contributed by atoms with Crippen molar-refractivity contribution < 1.29 is 14.3 Å². The molecular formula is C16H11ClFNO2. The van der Waals surface area contributed by atoms with E-state index in [1.54, 1.807) is 22.8 Å². The molecule has 0 bridgehead atoms. The van der Waals surface area contributed by atoms with E-state index in [0.717, 1.165) is 10.9 Å². The summed E-state index contributed by atoms with van der Waals surface area (Å²) in [6.07, 6.45) is 0. The summed E-state index contributed by atoms with van der Waals surface area (Å²) in [5.74, 6) is -1.57. The van der Waals surface area contributed by atoms with E-state index in [4.69, 9.17) is 11.6 Å². The topological polar surface area (TPSA) is 42.2 Å². The van der Waals surface area contributed by atoms with Gasteiger partial charge in [0.05, 0.1) is 11.6 Å². The summed E-state index contributed by atoms with van der Waals surface area (Å²) in [7, 11) is 0. The quantitative estimate of drug-likeness (QED) is 0.788. The van der Waals surface area contributed by atoms with Gasteiger partial charge in [-0.15, -0.1) is 0 Å². The molecule has 3 rings (SSSR count). The maximum atomic E-state index is 14.0. The van der Waals surface area contributed by atoms with Gasteiger partial charge < -0.3 is 9.67 Å². The first kappa shape index (κ1) is 13.6. The highest BCUT2D eigenvalue weighted by atomic mass is 35.5. The van der Waals surface area contributed by atoms with Gasteiger partial charge in [-0.05, 0) is 18.2 Å². The Labute approximate surface area is 125 Å². The number of rotatable bonds is 3. The number of nitrogens with zero attached hydrogens (tertiary/aromatic N) is 1. The van der Waals surface area contributed by atoms with Crippen LogP contribution in [-0.2, 0) is 6.54 Å². The van der Waals surface area contributed by atoms with E-state index in [2.05, 4.69) is 0 Å². The largest absolute Gasteiger partial charge is 0.477 e. The van der Waals surface area contributed by atoms with Crippen LogP contribution in [0, 0.1) is 5.82 Å². The van der Waals surface area contributed by atoms with Crippen molar-refractivity contribution in [3.05, 3.63) is 70.6 Å². The number of hydrogen-bond donors (Lipinski definition) is 1. The van der Waals surface area contributed by atoms with Crippen LogP contribution in [-0.4, -0.2) is 15.6 Å². The van der Waals surface area contributed by atoms with Crippen LogP contribution in [0.3, 0.4) is 0 Å². The molecule has 0 amide bonds. The minimum atomic E-state index is -1.05. The lowest BCUT2D eigenvalue weighted by atomic mass is 10.2. The molecule has 0 aliphatic carbocycles. The van der Waals surface area contributed by atoms with Gasteiger partial charge in [-0.3, -0.25) is 0 Å². The summed E-state index contributed by atoms with van der Waals surface area (Å²) in [6.45, 7) is 0.113. The Bertz CT molecular complexity index is 841. The number of para-hydroxylation sites is 1. The Kier molecular flexibility index (Phi) is 3.39.